The maximum absolute atomic E-state index is 10.1. The first-order valence-corrected chi connectivity index (χ1v) is 3.59. The third-order valence-corrected chi connectivity index (χ3v) is 1.32. The largest absolute Gasteiger partial charge is 0.481 e. The Hall–Kier alpha value is -1.96. The molecule has 1 rings (SSSR count). The van der Waals surface area contributed by atoms with E-state index in [1.54, 1.807) is 13.2 Å². The molecule has 0 fully saturated rings. The molecule has 1 aromatic heterocycles. The van der Waals surface area contributed by atoms with Crippen LogP contribution in [0.1, 0.15) is 12.0 Å². The second-order valence-corrected chi connectivity index (χ2v) is 2.47. The van der Waals surface area contributed by atoms with E-state index in [1.807, 2.05) is 0 Å². The SMILES string of the molecule is Cn1cc(C#CCC(=O)O)c(N)n1. The minimum Gasteiger partial charge on any atom is -0.481 e. The van der Waals surface area contributed by atoms with E-state index in [-0.39, 0.29) is 6.42 Å². The number of carbonyl (C=O) groups is 1. The Morgan fingerprint density at radius 3 is 3.00 bits per heavy atom. The maximum Gasteiger partial charge on any atom is 0.315 e. The lowest BCUT2D eigenvalue weighted by Gasteiger charge is -1.81. The number of aryl methyl sites for hydroxylation is 1. The predicted octanol–water partition coefficient (Wildman–Crippen LogP) is -0.171. The van der Waals surface area contributed by atoms with Gasteiger partial charge in [0, 0.05) is 13.2 Å². The first kappa shape index (κ1) is 9.13. The van der Waals surface area contributed by atoms with E-state index in [4.69, 9.17) is 10.8 Å². The summed E-state index contributed by atoms with van der Waals surface area (Å²) in [5.41, 5.74) is 6.04. The molecule has 0 saturated heterocycles. The zero-order chi connectivity index (χ0) is 9.84. The molecule has 0 aliphatic heterocycles. The van der Waals surface area contributed by atoms with Gasteiger partial charge in [0.05, 0.1) is 5.56 Å². The zero-order valence-electron chi connectivity index (χ0n) is 7.11. The van der Waals surface area contributed by atoms with Crippen LogP contribution in [-0.2, 0) is 11.8 Å². The van der Waals surface area contributed by atoms with Crippen LogP contribution in [0.5, 0.6) is 0 Å². The fourth-order valence-electron chi connectivity index (χ4n) is 0.817. The number of aliphatic carboxylic acids is 1. The summed E-state index contributed by atoms with van der Waals surface area (Å²) in [5, 5.41) is 12.2. The molecule has 0 aromatic carbocycles. The number of hydrogen-bond donors (Lipinski definition) is 2. The van der Waals surface area contributed by atoms with Crippen molar-refractivity contribution >= 4 is 11.8 Å². The minimum atomic E-state index is -0.949. The van der Waals surface area contributed by atoms with Gasteiger partial charge in [0.15, 0.2) is 5.82 Å². The van der Waals surface area contributed by atoms with Crippen molar-refractivity contribution in [3.63, 3.8) is 0 Å². The van der Waals surface area contributed by atoms with Crippen molar-refractivity contribution in [3.05, 3.63) is 11.8 Å². The Balaban J connectivity index is 2.77. The van der Waals surface area contributed by atoms with Crippen molar-refractivity contribution in [1.29, 1.82) is 0 Å². The molecular formula is C8H9N3O2. The summed E-state index contributed by atoms with van der Waals surface area (Å²) in [4.78, 5) is 10.1. The van der Waals surface area contributed by atoms with Crippen molar-refractivity contribution in [2.24, 2.45) is 7.05 Å². The van der Waals surface area contributed by atoms with Gasteiger partial charge < -0.3 is 10.8 Å². The van der Waals surface area contributed by atoms with E-state index < -0.39 is 5.97 Å². The molecule has 1 heterocycles. The second kappa shape index (κ2) is 3.63. The Morgan fingerprint density at radius 2 is 2.54 bits per heavy atom. The summed E-state index contributed by atoms with van der Waals surface area (Å²) in [5.74, 6) is 4.47. The standard InChI is InChI=1S/C8H9N3O2/c1-11-5-6(8(9)10-11)3-2-4-7(12)13/h5H,4H2,1H3,(H2,9,10)(H,12,13). The number of carboxylic acids is 1. The number of carboxylic acid groups (broad SMARTS) is 1. The summed E-state index contributed by atoms with van der Waals surface area (Å²) in [7, 11) is 1.72. The molecular weight excluding hydrogens is 170 g/mol. The molecule has 5 heteroatoms. The lowest BCUT2D eigenvalue weighted by Crippen LogP contribution is -1.91. The van der Waals surface area contributed by atoms with Crippen molar-refractivity contribution in [2.75, 3.05) is 5.73 Å². The molecule has 5 nitrogen and oxygen atoms in total. The first-order chi connectivity index (χ1) is 6.09. The highest BCUT2D eigenvalue weighted by Crippen LogP contribution is 2.04. The Morgan fingerprint density at radius 1 is 1.85 bits per heavy atom. The highest BCUT2D eigenvalue weighted by Gasteiger charge is 1.99. The molecule has 68 valence electrons. The molecule has 0 aliphatic carbocycles. The normalized spacial score (nSPS) is 9.00. The third kappa shape index (κ3) is 2.52. The van der Waals surface area contributed by atoms with Crippen LogP contribution < -0.4 is 5.73 Å². The van der Waals surface area contributed by atoms with Gasteiger partial charge in [-0.3, -0.25) is 9.48 Å². The fourth-order valence-corrected chi connectivity index (χ4v) is 0.817. The number of nitrogens with zero attached hydrogens (tertiary/aromatic N) is 2. The van der Waals surface area contributed by atoms with Crippen LogP contribution in [0.4, 0.5) is 5.82 Å². The molecule has 0 radical (unpaired) electrons. The fraction of sp³-hybridized carbons (Fsp3) is 0.250. The molecule has 0 bridgehead atoms. The molecule has 3 N–H and O–H groups in total. The van der Waals surface area contributed by atoms with Crippen LogP contribution in [0.15, 0.2) is 6.20 Å². The van der Waals surface area contributed by atoms with Crippen LogP contribution in [0.25, 0.3) is 0 Å². The van der Waals surface area contributed by atoms with E-state index >= 15 is 0 Å². The van der Waals surface area contributed by atoms with Gasteiger partial charge in [0.25, 0.3) is 0 Å². The van der Waals surface area contributed by atoms with E-state index in [0.717, 1.165) is 0 Å². The van der Waals surface area contributed by atoms with Gasteiger partial charge in [-0.15, -0.1) is 0 Å². The Kier molecular flexibility index (Phi) is 2.55. The molecule has 0 amide bonds. The van der Waals surface area contributed by atoms with Gasteiger partial charge >= 0.3 is 5.97 Å². The molecule has 0 saturated carbocycles. The van der Waals surface area contributed by atoms with Crippen LogP contribution in [0, 0.1) is 11.8 Å². The number of anilines is 1. The highest BCUT2D eigenvalue weighted by atomic mass is 16.4. The number of rotatable bonds is 1. The van der Waals surface area contributed by atoms with Gasteiger partial charge in [-0.05, 0) is 0 Å². The average Bonchev–Trinajstić information content (AvgIpc) is 2.29. The molecule has 0 spiro atoms. The van der Waals surface area contributed by atoms with Crippen LogP contribution in [0.2, 0.25) is 0 Å². The molecule has 1 aromatic rings. The average molecular weight is 179 g/mol. The van der Waals surface area contributed by atoms with Gasteiger partial charge in [-0.25, -0.2) is 0 Å². The molecule has 13 heavy (non-hydrogen) atoms. The summed E-state index contributed by atoms with van der Waals surface area (Å²) in [6.07, 6.45) is 1.46. The topological polar surface area (TPSA) is 81.1 Å². The quantitative estimate of drug-likeness (QED) is 0.586. The predicted molar refractivity (Wildman–Crippen MR) is 46.8 cm³/mol. The van der Waals surface area contributed by atoms with E-state index in [2.05, 4.69) is 16.9 Å². The number of nitrogens with two attached hydrogens (primary N) is 1. The van der Waals surface area contributed by atoms with Gasteiger partial charge in [-0.2, -0.15) is 5.10 Å². The number of nitrogen functional groups attached to an aromatic ring is 1. The third-order valence-electron chi connectivity index (χ3n) is 1.32. The zero-order valence-corrected chi connectivity index (χ0v) is 7.11. The van der Waals surface area contributed by atoms with Crippen molar-refractivity contribution in [3.8, 4) is 11.8 Å². The van der Waals surface area contributed by atoms with Gasteiger partial charge in [0.1, 0.15) is 6.42 Å². The summed E-state index contributed by atoms with van der Waals surface area (Å²) in [6.45, 7) is 0. The molecule has 0 aliphatic rings. The molecule has 0 unspecified atom stereocenters. The summed E-state index contributed by atoms with van der Waals surface area (Å²) < 4.78 is 1.53. The highest BCUT2D eigenvalue weighted by molar-refractivity contribution is 5.70. The van der Waals surface area contributed by atoms with Crippen LogP contribution in [-0.4, -0.2) is 20.9 Å². The number of aromatic nitrogens is 2. The maximum atomic E-state index is 10.1. The van der Waals surface area contributed by atoms with Crippen LogP contribution in [0.3, 0.4) is 0 Å². The van der Waals surface area contributed by atoms with Crippen molar-refractivity contribution < 1.29 is 9.90 Å². The number of hydrogen-bond acceptors (Lipinski definition) is 3. The molecule has 0 atom stereocenters. The van der Waals surface area contributed by atoms with Gasteiger partial charge in [-0.1, -0.05) is 11.8 Å². The lowest BCUT2D eigenvalue weighted by atomic mass is 10.3. The Labute approximate surface area is 75.2 Å². The second-order valence-electron chi connectivity index (χ2n) is 2.47. The lowest BCUT2D eigenvalue weighted by molar-refractivity contribution is -0.135. The Bertz CT molecular complexity index is 384. The van der Waals surface area contributed by atoms with E-state index in [0.29, 0.717) is 11.4 Å². The van der Waals surface area contributed by atoms with Crippen molar-refractivity contribution in [2.45, 2.75) is 6.42 Å². The van der Waals surface area contributed by atoms with E-state index in [1.165, 1.54) is 4.68 Å². The smallest absolute Gasteiger partial charge is 0.315 e. The summed E-state index contributed by atoms with van der Waals surface area (Å²) >= 11 is 0. The van der Waals surface area contributed by atoms with E-state index in [9.17, 15) is 4.79 Å². The first-order valence-electron chi connectivity index (χ1n) is 3.59. The summed E-state index contributed by atoms with van der Waals surface area (Å²) in [6, 6.07) is 0. The monoisotopic (exact) mass is 179 g/mol. The van der Waals surface area contributed by atoms with Crippen LogP contribution >= 0.6 is 0 Å². The van der Waals surface area contributed by atoms with Crippen molar-refractivity contribution in [1.82, 2.24) is 9.78 Å². The minimum absolute atomic E-state index is 0.186. The van der Waals surface area contributed by atoms with Gasteiger partial charge in [0.2, 0.25) is 0 Å².